The standard InChI is InChI=1S/C14H11Cl2NO3S/c1-21(19,20)12-4-2-3-11(7-12)17-8-9-5-10(15)6-13(16)14(9)18/h2-8,18H,1H3. The third-order valence-electron chi connectivity index (χ3n) is 2.66. The number of halogens is 2. The summed E-state index contributed by atoms with van der Waals surface area (Å²) in [6.07, 6.45) is 2.49. The number of hydrogen-bond acceptors (Lipinski definition) is 4. The maximum Gasteiger partial charge on any atom is 0.175 e. The maximum absolute atomic E-state index is 11.5. The van der Waals surface area contributed by atoms with Crippen molar-refractivity contribution in [3.8, 4) is 5.75 Å². The van der Waals surface area contributed by atoms with E-state index in [0.717, 1.165) is 6.26 Å². The molecular formula is C14H11Cl2NO3S. The third-order valence-corrected chi connectivity index (χ3v) is 4.27. The summed E-state index contributed by atoms with van der Waals surface area (Å²) < 4.78 is 23.0. The van der Waals surface area contributed by atoms with E-state index in [0.29, 0.717) is 16.3 Å². The lowest BCUT2D eigenvalue weighted by Gasteiger charge is -2.03. The number of nitrogens with zero attached hydrogens (tertiary/aromatic N) is 1. The Bertz CT molecular complexity index is 817. The van der Waals surface area contributed by atoms with Gasteiger partial charge in [-0.2, -0.15) is 0 Å². The number of hydrogen-bond donors (Lipinski definition) is 1. The predicted molar refractivity (Wildman–Crippen MR) is 84.9 cm³/mol. The van der Waals surface area contributed by atoms with Crippen molar-refractivity contribution in [1.29, 1.82) is 0 Å². The molecule has 2 aromatic rings. The van der Waals surface area contributed by atoms with Crippen LogP contribution in [0.5, 0.6) is 5.75 Å². The van der Waals surface area contributed by atoms with Crippen LogP contribution in [0.15, 0.2) is 46.3 Å². The summed E-state index contributed by atoms with van der Waals surface area (Å²) in [5.74, 6) is -0.135. The van der Waals surface area contributed by atoms with E-state index >= 15 is 0 Å². The first-order valence-corrected chi connectivity index (χ1v) is 8.44. The quantitative estimate of drug-likeness (QED) is 0.860. The first-order chi connectivity index (χ1) is 9.77. The van der Waals surface area contributed by atoms with Gasteiger partial charge in [0.25, 0.3) is 0 Å². The van der Waals surface area contributed by atoms with Crippen LogP contribution in [0.4, 0.5) is 5.69 Å². The van der Waals surface area contributed by atoms with Gasteiger partial charge < -0.3 is 5.11 Å². The SMILES string of the molecule is CS(=O)(=O)c1cccc(N=Cc2cc(Cl)cc(Cl)c2O)c1. The monoisotopic (exact) mass is 343 g/mol. The number of sulfone groups is 1. The van der Waals surface area contributed by atoms with Gasteiger partial charge in [0.2, 0.25) is 0 Å². The van der Waals surface area contributed by atoms with E-state index in [1.54, 1.807) is 12.1 Å². The molecule has 7 heteroatoms. The summed E-state index contributed by atoms with van der Waals surface area (Å²) in [6, 6.07) is 9.09. The van der Waals surface area contributed by atoms with Crippen molar-refractivity contribution in [3.63, 3.8) is 0 Å². The topological polar surface area (TPSA) is 66.7 Å². The second-order valence-corrected chi connectivity index (χ2v) is 7.21. The molecule has 0 aliphatic heterocycles. The average Bonchev–Trinajstić information content (AvgIpc) is 2.40. The molecule has 2 rings (SSSR count). The zero-order valence-corrected chi connectivity index (χ0v) is 13.2. The van der Waals surface area contributed by atoms with Crippen LogP contribution in [0.3, 0.4) is 0 Å². The fraction of sp³-hybridized carbons (Fsp3) is 0.0714. The molecule has 2 aromatic carbocycles. The molecule has 1 N–H and O–H groups in total. The van der Waals surface area contributed by atoms with Crippen LogP contribution < -0.4 is 0 Å². The Kier molecular flexibility index (Phi) is 4.56. The fourth-order valence-electron chi connectivity index (χ4n) is 1.62. The summed E-state index contributed by atoms with van der Waals surface area (Å²) in [4.78, 5) is 4.30. The van der Waals surface area contributed by atoms with Crippen molar-refractivity contribution in [3.05, 3.63) is 52.0 Å². The number of aliphatic imine (C=N–C) groups is 1. The van der Waals surface area contributed by atoms with Crippen molar-refractivity contribution in [1.82, 2.24) is 0 Å². The molecule has 4 nitrogen and oxygen atoms in total. The largest absolute Gasteiger partial charge is 0.506 e. The Labute approximate surface area is 132 Å². The molecule has 0 heterocycles. The highest BCUT2D eigenvalue weighted by Crippen LogP contribution is 2.30. The van der Waals surface area contributed by atoms with Crippen LogP contribution in [0.1, 0.15) is 5.56 Å². The zero-order valence-electron chi connectivity index (χ0n) is 10.9. The summed E-state index contributed by atoms with van der Waals surface area (Å²) in [5, 5.41) is 10.3. The highest BCUT2D eigenvalue weighted by Gasteiger charge is 2.08. The molecule has 0 saturated carbocycles. The molecule has 0 fully saturated rings. The smallest absolute Gasteiger partial charge is 0.175 e. The van der Waals surface area contributed by atoms with E-state index in [1.807, 2.05) is 0 Å². The Balaban J connectivity index is 2.39. The van der Waals surface area contributed by atoms with Crippen LogP contribution in [-0.4, -0.2) is 26.0 Å². The lowest BCUT2D eigenvalue weighted by Crippen LogP contribution is -1.95. The van der Waals surface area contributed by atoms with E-state index in [-0.39, 0.29) is 15.7 Å². The summed E-state index contributed by atoms with van der Waals surface area (Å²) in [7, 11) is -3.30. The van der Waals surface area contributed by atoms with Crippen molar-refractivity contribution >= 4 is 44.9 Å². The van der Waals surface area contributed by atoms with Crippen LogP contribution in [-0.2, 0) is 9.84 Å². The molecular weight excluding hydrogens is 333 g/mol. The van der Waals surface area contributed by atoms with Crippen LogP contribution >= 0.6 is 23.2 Å². The normalized spacial score (nSPS) is 12.0. The van der Waals surface area contributed by atoms with E-state index in [4.69, 9.17) is 23.2 Å². The van der Waals surface area contributed by atoms with Gasteiger partial charge in [-0.15, -0.1) is 0 Å². The average molecular weight is 344 g/mol. The fourth-order valence-corrected chi connectivity index (χ4v) is 2.79. The van der Waals surface area contributed by atoms with Gasteiger partial charge in [0.1, 0.15) is 5.75 Å². The van der Waals surface area contributed by atoms with Crippen molar-refractivity contribution in [2.24, 2.45) is 4.99 Å². The van der Waals surface area contributed by atoms with E-state index in [1.165, 1.54) is 30.5 Å². The highest BCUT2D eigenvalue weighted by atomic mass is 35.5. The molecule has 0 amide bonds. The van der Waals surface area contributed by atoms with Crippen LogP contribution in [0.2, 0.25) is 10.0 Å². The van der Waals surface area contributed by atoms with Gasteiger partial charge in [0.05, 0.1) is 15.6 Å². The lowest BCUT2D eigenvalue weighted by atomic mass is 10.2. The molecule has 0 saturated heterocycles. The summed E-state index contributed by atoms with van der Waals surface area (Å²) in [6.45, 7) is 0. The van der Waals surface area contributed by atoms with Crippen molar-refractivity contribution < 1.29 is 13.5 Å². The molecule has 21 heavy (non-hydrogen) atoms. The van der Waals surface area contributed by atoms with Gasteiger partial charge in [-0.25, -0.2) is 8.42 Å². The van der Waals surface area contributed by atoms with Crippen LogP contribution in [0, 0.1) is 0 Å². The molecule has 0 aromatic heterocycles. The van der Waals surface area contributed by atoms with Crippen molar-refractivity contribution in [2.45, 2.75) is 4.90 Å². The number of phenols is 1. The minimum Gasteiger partial charge on any atom is -0.506 e. The Hall–Kier alpha value is -1.56. The molecule has 0 bridgehead atoms. The van der Waals surface area contributed by atoms with Gasteiger partial charge >= 0.3 is 0 Å². The zero-order chi connectivity index (χ0) is 15.6. The first-order valence-electron chi connectivity index (χ1n) is 5.79. The number of phenolic OH excluding ortho intramolecular Hbond substituents is 1. The number of aromatic hydroxyl groups is 1. The molecule has 0 radical (unpaired) electrons. The number of rotatable bonds is 3. The minimum absolute atomic E-state index is 0.119. The number of benzene rings is 2. The minimum atomic E-state index is -3.30. The molecule has 0 spiro atoms. The molecule has 0 aliphatic rings. The van der Waals surface area contributed by atoms with E-state index in [2.05, 4.69) is 4.99 Å². The Morgan fingerprint density at radius 1 is 1.19 bits per heavy atom. The van der Waals surface area contributed by atoms with Crippen LogP contribution in [0.25, 0.3) is 0 Å². The summed E-state index contributed by atoms with van der Waals surface area (Å²) in [5.41, 5.74) is 0.783. The van der Waals surface area contributed by atoms with E-state index in [9.17, 15) is 13.5 Å². The molecule has 110 valence electrons. The van der Waals surface area contributed by atoms with Gasteiger partial charge in [0.15, 0.2) is 9.84 Å². The molecule has 0 atom stereocenters. The summed E-state index contributed by atoms with van der Waals surface area (Å²) >= 11 is 11.7. The van der Waals surface area contributed by atoms with Gasteiger partial charge in [-0.1, -0.05) is 29.3 Å². The van der Waals surface area contributed by atoms with Gasteiger partial charge in [0, 0.05) is 23.1 Å². The van der Waals surface area contributed by atoms with E-state index < -0.39 is 9.84 Å². The van der Waals surface area contributed by atoms with Crippen molar-refractivity contribution in [2.75, 3.05) is 6.26 Å². The lowest BCUT2D eigenvalue weighted by molar-refractivity contribution is 0.475. The molecule has 0 unspecified atom stereocenters. The predicted octanol–water partition coefficient (Wildman–Crippen LogP) is 3.85. The second kappa shape index (κ2) is 6.05. The second-order valence-electron chi connectivity index (χ2n) is 4.35. The van der Waals surface area contributed by atoms with Gasteiger partial charge in [-0.05, 0) is 30.3 Å². The van der Waals surface area contributed by atoms with Gasteiger partial charge in [-0.3, -0.25) is 4.99 Å². The highest BCUT2D eigenvalue weighted by molar-refractivity contribution is 7.90. The Morgan fingerprint density at radius 2 is 1.90 bits per heavy atom. The Morgan fingerprint density at radius 3 is 2.57 bits per heavy atom. The molecule has 0 aliphatic carbocycles. The third kappa shape index (κ3) is 3.97. The first kappa shape index (κ1) is 15.8. The maximum atomic E-state index is 11.5.